The van der Waals surface area contributed by atoms with Crippen LogP contribution in [0.25, 0.3) is 10.2 Å². The fraction of sp³-hybridized carbons (Fsp3) is 0.227. The Morgan fingerprint density at radius 3 is 2.84 bits per heavy atom. The molecule has 0 atom stereocenters. The number of aryl methyl sites for hydroxylation is 1. The number of halogens is 2. The molecule has 1 amide bonds. The molecule has 0 fully saturated rings. The van der Waals surface area contributed by atoms with E-state index in [9.17, 15) is 4.79 Å². The average Bonchev–Trinajstić information content (AvgIpc) is 3.45. The maximum Gasteiger partial charge on any atom is 0.266 e. The van der Waals surface area contributed by atoms with E-state index in [4.69, 9.17) is 32.7 Å². The molecule has 166 valence electrons. The van der Waals surface area contributed by atoms with Crippen LogP contribution in [-0.2, 0) is 11.3 Å². The monoisotopic (exact) mass is 490 g/mol. The Bertz CT molecular complexity index is 1210. The predicted molar refractivity (Wildman–Crippen MR) is 127 cm³/mol. The summed E-state index contributed by atoms with van der Waals surface area (Å²) in [5, 5.41) is 1.44. The first-order valence-electron chi connectivity index (χ1n) is 9.82. The molecule has 32 heavy (non-hydrogen) atoms. The number of carbonyl (C=O) groups is 1. The standard InChI is InChI=1S/C22H20Cl2N4O3S/c1-30-18-4-2-5-19-21(18)26-22(32-19)28(10-3-9-27-11-8-25-14-27)20(29)13-31-17-7-6-15(23)12-16(17)24/h2,4-8,11-12,14H,3,9-10,13H2,1H3. The second-order valence-electron chi connectivity index (χ2n) is 6.87. The van der Waals surface area contributed by atoms with Crippen molar-refractivity contribution in [2.45, 2.75) is 13.0 Å². The third-order valence-corrected chi connectivity index (χ3v) is 6.30. The third-order valence-electron chi connectivity index (χ3n) is 4.72. The highest BCUT2D eigenvalue weighted by Gasteiger charge is 2.21. The van der Waals surface area contributed by atoms with Gasteiger partial charge in [0.1, 0.15) is 17.0 Å². The number of rotatable bonds is 9. The average molecular weight is 491 g/mol. The Labute approximate surface area is 199 Å². The molecular formula is C22H20Cl2N4O3S. The van der Waals surface area contributed by atoms with E-state index in [1.165, 1.54) is 11.3 Å². The topological polar surface area (TPSA) is 69.5 Å². The first-order valence-corrected chi connectivity index (χ1v) is 11.4. The van der Waals surface area contributed by atoms with Crippen LogP contribution >= 0.6 is 34.5 Å². The minimum Gasteiger partial charge on any atom is -0.494 e. The van der Waals surface area contributed by atoms with Gasteiger partial charge in [-0.05, 0) is 36.8 Å². The second-order valence-corrected chi connectivity index (χ2v) is 8.72. The van der Waals surface area contributed by atoms with Gasteiger partial charge in [-0.2, -0.15) is 0 Å². The Balaban J connectivity index is 1.54. The van der Waals surface area contributed by atoms with Crippen LogP contribution in [0.4, 0.5) is 5.13 Å². The number of benzene rings is 2. The van der Waals surface area contributed by atoms with E-state index in [2.05, 4.69) is 9.97 Å². The zero-order valence-electron chi connectivity index (χ0n) is 17.2. The van der Waals surface area contributed by atoms with Crippen molar-refractivity contribution in [1.82, 2.24) is 14.5 Å². The molecule has 10 heteroatoms. The van der Waals surface area contributed by atoms with Crippen LogP contribution < -0.4 is 14.4 Å². The molecule has 0 N–H and O–H groups in total. The summed E-state index contributed by atoms with van der Waals surface area (Å²) < 4.78 is 14.0. The molecule has 0 saturated heterocycles. The van der Waals surface area contributed by atoms with Crippen molar-refractivity contribution >= 4 is 55.8 Å². The lowest BCUT2D eigenvalue weighted by molar-refractivity contribution is -0.120. The maximum atomic E-state index is 13.2. The Morgan fingerprint density at radius 1 is 1.22 bits per heavy atom. The lowest BCUT2D eigenvalue weighted by Gasteiger charge is -2.20. The molecule has 0 bridgehead atoms. The van der Waals surface area contributed by atoms with Crippen LogP contribution in [0.2, 0.25) is 10.0 Å². The van der Waals surface area contributed by atoms with Crippen LogP contribution in [0.3, 0.4) is 0 Å². The summed E-state index contributed by atoms with van der Waals surface area (Å²) in [5.41, 5.74) is 0.726. The van der Waals surface area contributed by atoms with Gasteiger partial charge in [-0.15, -0.1) is 0 Å². The molecule has 0 unspecified atom stereocenters. The highest BCUT2D eigenvalue weighted by atomic mass is 35.5. The van der Waals surface area contributed by atoms with E-state index < -0.39 is 0 Å². The quantitative estimate of drug-likeness (QED) is 0.318. The van der Waals surface area contributed by atoms with Crippen LogP contribution in [0, 0.1) is 0 Å². The van der Waals surface area contributed by atoms with Gasteiger partial charge in [-0.1, -0.05) is 40.6 Å². The molecule has 2 heterocycles. The van der Waals surface area contributed by atoms with Gasteiger partial charge in [0.05, 0.1) is 23.2 Å². The smallest absolute Gasteiger partial charge is 0.266 e. The van der Waals surface area contributed by atoms with E-state index in [1.807, 2.05) is 29.0 Å². The molecule has 4 rings (SSSR count). The molecule has 2 aromatic heterocycles. The van der Waals surface area contributed by atoms with Crippen molar-refractivity contribution < 1.29 is 14.3 Å². The molecule has 0 saturated carbocycles. The van der Waals surface area contributed by atoms with Crippen LogP contribution in [0.15, 0.2) is 55.1 Å². The lowest BCUT2D eigenvalue weighted by Crippen LogP contribution is -2.36. The van der Waals surface area contributed by atoms with Crippen LogP contribution in [0.5, 0.6) is 11.5 Å². The molecule has 4 aromatic rings. The van der Waals surface area contributed by atoms with Gasteiger partial charge in [0, 0.05) is 30.5 Å². The SMILES string of the molecule is COc1cccc2sc(N(CCCn3ccnc3)C(=O)COc3ccc(Cl)cc3Cl)nc12. The van der Waals surface area contributed by atoms with Crippen molar-refractivity contribution in [3.8, 4) is 11.5 Å². The number of hydrogen-bond donors (Lipinski definition) is 0. The Morgan fingerprint density at radius 2 is 2.09 bits per heavy atom. The van der Waals surface area contributed by atoms with Crippen molar-refractivity contribution in [2.75, 3.05) is 25.2 Å². The predicted octanol–water partition coefficient (Wildman–Crippen LogP) is 5.31. The second kappa shape index (κ2) is 10.2. The molecule has 0 aliphatic heterocycles. The van der Waals surface area contributed by atoms with Crippen LogP contribution in [0.1, 0.15) is 6.42 Å². The molecule has 0 radical (unpaired) electrons. The fourth-order valence-corrected chi connectivity index (χ4v) is 4.65. The van der Waals surface area contributed by atoms with E-state index in [0.29, 0.717) is 33.2 Å². The summed E-state index contributed by atoms with van der Waals surface area (Å²) in [4.78, 5) is 23.6. The number of fused-ring (bicyclic) bond motifs is 1. The maximum absolute atomic E-state index is 13.2. The number of anilines is 1. The minimum absolute atomic E-state index is 0.181. The van der Waals surface area contributed by atoms with Gasteiger partial charge in [0.15, 0.2) is 11.7 Å². The van der Waals surface area contributed by atoms with Crippen molar-refractivity contribution in [2.24, 2.45) is 0 Å². The Hall–Kier alpha value is -2.81. The molecule has 0 spiro atoms. The zero-order valence-corrected chi connectivity index (χ0v) is 19.5. The number of aromatic nitrogens is 3. The summed E-state index contributed by atoms with van der Waals surface area (Å²) >= 11 is 13.5. The number of imidazole rings is 1. The number of carbonyl (C=O) groups excluding carboxylic acids is 1. The number of ether oxygens (including phenoxy) is 2. The van der Waals surface area contributed by atoms with Crippen molar-refractivity contribution in [3.63, 3.8) is 0 Å². The van der Waals surface area contributed by atoms with E-state index in [0.717, 1.165) is 23.2 Å². The van der Waals surface area contributed by atoms with Gasteiger partial charge in [0.25, 0.3) is 5.91 Å². The first kappa shape index (κ1) is 22.4. The summed E-state index contributed by atoms with van der Waals surface area (Å²) in [7, 11) is 1.60. The van der Waals surface area contributed by atoms with E-state index in [-0.39, 0.29) is 12.5 Å². The van der Waals surface area contributed by atoms with Crippen molar-refractivity contribution in [1.29, 1.82) is 0 Å². The third kappa shape index (κ3) is 5.15. The summed E-state index contributed by atoms with van der Waals surface area (Å²) in [6.07, 6.45) is 6.09. The minimum atomic E-state index is -0.223. The van der Waals surface area contributed by atoms with Crippen molar-refractivity contribution in [3.05, 3.63) is 65.2 Å². The molecule has 0 aliphatic rings. The molecule has 7 nitrogen and oxygen atoms in total. The molecule has 0 aliphatic carbocycles. The number of thiazole rings is 1. The highest BCUT2D eigenvalue weighted by molar-refractivity contribution is 7.22. The molecular weight excluding hydrogens is 471 g/mol. The van der Waals surface area contributed by atoms with Gasteiger partial charge >= 0.3 is 0 Å². The lowest BCUT2D eigenvalue weighted by atomic mass is 10.3. The number of hydrogen-bond acceptors (Lipinski definition) is 6. The Kier molecular flexibility index (Phi) is 7.14. The zero-order chi connectivity index (χ0) is 22.5. The summed E-state index contributed by atoms with van der Waals surface area (Å²) in [5.74, 6) is 0.841. The number of nitrogens with zero attached hydrogens (tertiary/aromatic N) is 4. The van der Waals surface area contributed by atoms with Gasteiger partial charge < -0.3 is 14.0 Å². The highest BCUT2D eigenvalue weighted by Crippen LogP contribution is 2.34. The van der Waals surface area contributed by atoms with Gasteiger partial charge in [-0.3, -0.25) is 9.69 Å². The molecule has 2 aromatic carbocycles. The number of methoxy groups -OCH3 is 1. The van der Waals surface area contributed by atoms with E-state index >= 15 is 0 Å². The van der Waals surface area contributed by atoms with Gasteiger partial charge in [0.2, 0.25) is 0 Å². The first-order chi connectivity index (χ1) is 15.5. The van der Waals surface area contributed by atoms with Crippen LogP contribution in [-0.4, -0.2) is 40.7 Å². The largest absolute Gasteiger partial charge is 0.494 e. The number of para-hydroxylation sites is 1. The van der Waals surface area contributed by atoms with E-state index in [1.54, 1.807) is 42.7 Å². The van der Waals surface area contributed by atoms with Gasteiger partial charge in [-0.25, -0.2) is 9.97 Å². The normalized spacial score (nSPS) is 11.0. The number of amides is 1. The fourth-order valence-electron chi connectivity index (χ4n) is 3.16. The summed E-state index contributed by atoms with van der Waals surface area (Å²) in [6.45, 7) is 1.01. The summed E-state index contributed by atoms with van der Waals surface area (Å²) in [6, 6.07) is 10.6.